The largest absolute Gasteiger partial charge is 0.311 e. The fourth-order valence-electron chi connectivity index (χ4n) is 2.37. The molecule has 2 unspecified atom stereocenters. The Balaban J connectivity index is 2.07. The van der Waals surface area contributed by atoms with Gasteiger partial charge in [-0.1, -0.05) is 23.7 Å². The maximum atomic E-state index is 14.5. The van der Waals surface area contributed by atoms with E-state index in [0.29, 0.717) is 11.4 Å². The molecule has 0 radical (unpaired) electrons. The number of alkyl halides is 1. The first-order valence-electron chi connectivity index (χ1n) is 5.75. The Hall–Kier alpha value is -0.600. The molecule has 2 rings (SSSR count). The molecule has 0 saturated carbocycles. The zero-order chi connectivity index (χ0) is 11.6. The van der Waals surface area contributed by atoms with E-state index in [4.69, 9.17) is 11.6 Å². The normalized spacial score (nSPS) is 24.3. The van der Waals surface area contributed by atoms with Crippen LogP contribution < -0.4 is 5.32 Å². The van der Waals surface area contributed by atoms with Crippen LogP contribution in [-0.2, 0) is 6.42 Å². The van der Waals surface area contributed by atoms with Crippen LogP contribution in [0.15, 0.2) is 24.3 Å². The van der Waals surface area contributed by atoms with E-state index in [1.807, 2.05) is 24.3 Å². The van der Waals surface area contributed by atoms with Gasteiger partial charge in [-0.15, -0.1) is 0 Å². The molecule has 1 saturated heterocycles. The molecule has 1 nitrogen and oxygen atoms in total. The van der Waals surface area contributed by atoms with E-state index in [0.717, 1.165) is 24.9 Å². The summed E-state index contributed by atoms with van der Waals surface area (Å²) in [6, 6.07) is 7.43. The Morgan fingerprint density at radius 3 is 3.00 bits per heavy atom. The van der Waals surface area contributed by atoms with E-state index in [9.17, 15) is 4.39 Å². The third-order valence-corrected chi connectivity index (χ3v) is 3.46. The topological polar surface area (TPSA) is 12.0 Å². The van der Waals surface area contributed by atoms with Crippen molar-refractivity contribution in [2.45, 2.75) is 37.9 Å². The maximum absolute atomic E-state index is 14.5. The molecule has 0 spiro atoms. The fourth-order valence-corrected chi connectivity index (χ4v) is 2.58. The van der Waals surface area contributed by atoms with E-state index in [1.165, 1.54) is 0 Å². The number of hydrogen-bond donors (Lipinski definition) is 1. The molecule has 3 heteroatoms. The van der Waals surface area contributed by atoms with Crippen molar-refractivity contribution in [2.75, 3.05) is 6.54 Å². The van der Waals surface area contributed by atoms with Crippen molar-refractivity contribution < 1.29 is 4.39 Å². The minimum absolute atomic E-state index is 0.0218. The average Bonchev–Trinajstić information content (AvgIpc) is 2.69. The van der Waals surface area contributed by atoms with Gasteiger partial charge < -0.3 is 5.32 Å². The van der Waals surface area contributed by atoms with Gasteiger partial charge in [0, 0.05) is 17.5 Å². The molecule has 0 bridgehead atoms. The van der Waals surface area contributed by atoms with Crippen LogP contribution in [0.3, 0.4) is 0 Å². The predicted molar refractivity (Wildman–Crippen MR) is 65.7 cm³/mol. The Labute approximate surface area is 101 Å². The third kappa shape index (κ3) is 2.74. The van der Waals surface area contributed by atoms with Crippen molar-refractivity contribution in [3.63, 3.8) is 0 Å². The van der Waals surface area contributed by atoms with Gasteiger partial charge in [0.25, 0.3) is 0 Å². The molecule has 1 aromatic rings. The fraction of sp³-hybridized carbons (Fsp3) is 0.538. The van der Waals surface area contributed by atoms with Gasteiger partial charge in [-0.25, -0.2) is 4.39 Å². The quantitative estimate of drug-likeness (QED) is 0.856. The van der Waals surface area contributed by atoms with Crippen LogP contribution >= 0.6 is 11.6 Å². The lowest BCUT2D eigenvalue weighted by Crippen LogP contribution is -2.43. The second-order valence-electron chi connectivity index (χ2n) is 4.73. The van der Waals surface area contributed by atoms with Crippen LogP contribution in [0.2, 0.25) is 5.02 Å². The van der Waals surface area contributed by atoms with Crippen molar-refractivity contribution >= 4 is 11.6 Å². The van der Waals surface area contributed by atoms with Crippen molar-refractivity contribution in [3.05, 3.63) is 34.9 Å². The number of hydrogen-bond acceptors (Lipinski definition) is 1. The number of benzene rings is 1. The zero-order valence-corrected chi connectivity index (χ0v) is 10.2. The molecule has 0 aromatic heterocycles. The van der Waals surface area contributed by atoms with Crippen LogP contribution in [0, 0.1) is 0 Å². The van der Waals surface area contributed by atoms with Crippen molar-refractivity contribution in [2.24, 2.45) is 0 Å². The molecular weight excluding hydrogens is 225 g/mol. The summed E-state index contributed by atoms with van der Waals surface area (Å²) in [5, 5.41) is 3.90. The summed E-state index contributed by atoms with van der Waals surface area (Å²) in [5.41, 5.74) is -0.229. The Morgan fingerprint density at radius 1 is 1.56 bits per heavy atom. The minimum atomic E-state index is -1.19. The summed E-state index contributed by atoms with van der Waals surface area (Å²) >= 11 is 5.90. The van der Waals surface area contributed by atoms with Crippen molar-refractivity contribution in [1.29, 1.82) is 0 Å². The SMILES string of the molecule is CC(F)(Cc1cccc(Cl)c1)C1CCCN1. The smallest absolute Gasteiger partial charge is 0.127 e. The van der Waals surface area contributed by atoms with Gasteiger partial charge in [-0.05, 0) is 44.0 Å². The lowest BCUT2D eigenvalue weighted by molar-refractivity contribution is 0.137. The summed E-state index contributed by atoms with van der Waals surface area (Å²) in [5.74, 6) is 0. The van der Waals surface area contributed by atoms with Gasteiger partial charge in [0.2, 0.25) is 0 Å². The zero-order valence-electron chi connectivity index (χ0n) is 9.47. The van der Waals surface area contributed by atoms with E-state index in [2.05, 4.69) is 5.32 Å². The van der Waals surface area contributed by atoms with E-state index < -0.39 is 5.67 Å². The summed E-state index contributed by atoms with van der Waals surface area (Å²) < 4.78 is 14.5. The highest BCUT2D eigenvalue weighted by Gasteiger charge is 2.35. The summed E-state index contributed by atoms with van der Waals surface area (Å²) in [6.45, 7) is 2.61. The molecule has 88 valence electrons. The second kappa shape index (κ2) is 4.72. The molecule has 0 amide bonds. The van der Waals surface area contributed by atoms with Crippen molar-refractivity contribution in [1.82, 2.24) is 5.32 Å². The monoisotopic (exact) mass is 241 g/mol. The summed E-state index contributed by atoms with van der Waals surface area (Å²) in [4.78, 5) is 0. The van der Waals surface area contributed by atoms with E-state index in [1.54, 1.807) is 6.92 Å². The van der Waals surface area contributed by atoms with Crippen LogP contribution in [0.25, 0.3) is 0 Å². The van der Waals surface area contributed by atoms with Gasteiger partial charge in [0.15, 0.2) is 0 Å². The third-order valence-electron chi connectivity index (χ3n) is 3.23. The first kappa shape index (κ1) is 11.9. The molecule has 2 atom stereocenters. The summed E-state index contributed by atoms with van der Waals surface area (Å²) in [6.07, 6.45) is 2.42. The molecule has 1 aliphatic rings. The molecular formula is C13H17ClFN. The van der Waals surface area contributed by atoms with Gasteiger partial charge in [-0.3, -0.25) is 0 Å². The van der Waals surface area contributed by atoms with Gasteiger partial charge in [0.1, 0.15) is 5.67 Å². The highest BCUT2D eigenvalue weighted by molar-refractivity contribution is 6.30. The number of halogens is 2. The van der Waals surface area contributed by atoms with Crippen LogP contribution in [0.1, 0.15) is 25.3 Å². The lowest BCUT2D eigenvalue weighted by Gasteiger charge is -2.27. The standard InChI is InChI=1S/C13H17ClFN/c1-13(15,12-6-3-7-16-12)9-10-4-2-5-11(14)8-10/h2,4-5,8,12,16H,3,6-7,9H2,1H3. The van der Waals surface area contributed by atoms with Crippen LogP contribution in [0.5, 0.6) is 0 Å². The van der Waals surface area contributed by atoms with Gasteiger partial charge in [0.05, 0.1) is 0 Å². The number of rotatable bonds is 3. The van der Waals surface area contributed by atoms with Crippen LogP contribution in [0.4, 0.5) is 4.39 Å². The molecule has 1 aromatic carbocycles. The molecule has 1 aliphatic heterocycles. The first-order chi connectivity index (χ1) is 7.58. The highest BCUT2D eigenvalue weighted by Crippen LogP contribution is 2.27. The lowest BCUT2D eigenvalue weighted by atomic mass is 9.90. The Bertz CT molecular complexity index is 359. The maximum Gasteiger partial charge on any atom is 0.127 e. The highest BCUT2D eigenvalue weighted by atomic mass is 35.5. The second-order valence-corrected chi connectivity index (χ2v) is 5.17. The first-order valence-corrected chi connectivity index (χ1v) is 6.12. The molecule has 1 heterocycles. The predicted octanol–water partition coefficient (Wildman–Crippen LogP) is 3.36. The molecule has 16 heavy (non-hydrogen) atoms. The summed E-state index contributed by atoms with van der Waals surface area (Å²) in [7, 11) is 0. The number of nitrogens with one attached hydrogen (secondary N) is 1. The van der Waals surface area contributed by atoms with Gasteiger partial charge in [-0.2, -0.15) is 0 Å². The molecule has 1 N–H and O–H groups in total. The van der Waals surface area contributed by atoms with Crippen LogP contribution in [-0.4, -0.2) is 18.3 Å². The minimum Gasteiger partial charge on any atom is -0.311 e. The van der Waals surface area contributed by atoms with Gasteiger partial charge >= 0.3 is 0 Å². The average molecular weight is 242 g/mol. The molecule has 1 fully saturated rings. The Kier molecular flexibility index (Phi) is 3.50. The van der Waals surface area contributed by atoms with E-state index >= 15 is 0 Å². The molecule has 0 aliphatic carbocycles. The Morgan fingerprint density at radius 2 is 2.38 bits per heavy atom. The van der Waals surface area contributed by atoms with Crippen molar-refractivity contribution in [3.8, 4) is 0 Å². The van der Waals surface area contributed by atoms with E-state index in [-0.39, 0.29) is 6.04 Å².